The summed E-state index contributed by atoms with van der Waals surface area (Å²) in [5.74, 6) is 0.337. The average molecular weight is 550 g/mol. The van der Waals surface area contributed by atoms with Gasteiger partial charge in [0.15, 0.2) is 11.6 Å². The SMILES string of the molecule is CC(C)N(C(=O)c1cc(F)ccc1Oc1cncnc1N1CCC2(CNC(Cc3ccc(F)cc3)C2)C1)C(C)C. The quantitative estimate of drug-likeness (QED) is 0.394. The van der Waals surface area contributed by atoms with Crippen LogP contribution in [0.5, 0.6) is 11.5 Å². The second-order valence-corrected chi connectivity index (χ2v) is 11.6. The molecule has 1 amide bonds. The van der Waals surface area contributed by atoms with Crippen molar-refractivity contribution in [2.45, 2.75) is 65.1 Å². The van der Waals surface area contributed by atoms with Crippen LogP contribution in [-0.2, 0) is 6.42 Å². The van der Waals surface area contributed by atoms with E-state index in [2.05, 4.69) is 20.2 Å². The number of carbonyl (C=O) groups is 1. The summed E-state index contributed by atoms with van der Waals surface area (Å²) < 4.78 is 33.9. The molecule has 7 nitrogen and oxygen atoms in total. The summed E-state index contributed by atoms with van der Waals surface area (Å²) >= 11 is 0. The molecular weight excluding hydrogens is 512 g/mol. The average Bonchev–Trinajstić information content (AvgIpc) is 3.52. The summed E-state index contributed by atoms with van der Waals surface area (Å²) in [6, 6.07) is 10.9. The van der Waals surface area contributed by atoms with Gasteiger partial charge in [0.25, 0.3) is 5.91 Å². The number of nitrogens with one attached hydrogen (secondary N) is 1. The van der Waals surface area contributed by atoms with Gasteiger partial charge in [-0.3, -0.25) is 4.79 Å². The third kappa shape index (κ3) is 5.94. The Labute approximate surface area is 234 Å². The molecule has 2 aliphatic heterocycles. The zero-order chi connectivity index (χ0) is 28.4. The van der Waals surface area contributed by atoms with E-state index in [0.29, 0.717) is 17.6 Å². The molecule has 212 valence electrons. The van der Waals surface area contributed by atoms with Crippen molar-refractivity contribution >= 4 is 11.7 Å². The highest BCUT2D eigenvalue weighted by molar-refractivity contribution is 5.97. The van der Waals surface area contributed by atoms with Crippen LogP contribution in [0.3, 0.4) is 0 Å². The van der Waals surface area contributed by atoms with Gasteiger partial charge in [-0.2, -0.15) is 0 Å². The molecule has 2 fully saturated rings. The van der Waals surface area contributed by atoms with E-state index in [4.69, 9.17) is 4.74 Å². The van der Waals surface area contributed by atoms with Gasteiger partial charge in [-0.15, -0.1) is 0 Å². The highest BCUT2D eigenvalue weighted by Gasteiger charge is 2.45. The van der Waals surface area contributed by atoms with Crippen LogP contribution in [0, 0.1) is 17.0 Å². The Bertz CT molecular complexity index is 1340. The first-order valence-corrected chi connectivity index (χ1v) is 14.0. The van der Waals surface area contributed by atoms with Crippen LogP contribution in [0.15, 0.2) is 55.0 Å². The minimum Gasteiger partial charge on any atom is -0.451 e. The third-order valence-corrected chi connectivity index (χ3v) is 7.98. The van der Waals surface area contributed by atoms with Crippen molar-refractivity contribution in [1.82, 2.24) is 20.2 Å². The first-order valence-electron chi connectivity index (χ1n) is 14.0. The van der Waals surface area contributed by atoms with Gasteiger partial charge in [0, 0.05) is 43.2 Å². The summed E-state index contributed by atoms with van der Waals surface area (Å²) in [5.41, 5.74) is 1.38. The van der Waals surface area contributed by atoms with Crippen LogP contribution in [0.4, 0.5) is 14.6 Å². The van der Waals surface area contributed by atoms with E-state index < -0.39 is 5.82 Å². The lowest BCUT2D eigenvalue weighted by atomic mass is 9.83. The van der Waals surface area contributed by atoms with E-state index >= 15 is 0 Å². The van der Waals surface area contributed by atoms with Gasteiger partial charge < -0.3 is 19.9 Å². The molecule has 3 aromatic rings. The molecule has 1 aromatic heterocycles. The van der Waals surface area contributed by atoms with Crippen molar-refractivity contribution < 1.29 is 18.3 Å². The number of ether oxygens (including phenoxy) is 1. The summed E-state index contributed by atoms with van der Waals surface area (Å²) in [5, 5.41) is 3.67. The lowest BCUT2D eigenvalue weighted by Gasteiger charge is -2.31. The van der Waals surface area contributed by atoms with Gasteiger partial charge >= 0.3 is 0 Å². The Morgan fingerprint density at radius 1 is 1.10 bits per heavy atom. The monoisotopic (exact) mass is 549 g/mol. The molecule has 2 aliphatic rings. The Kier molecular flexibility index (Phi) is 8.03. The van der Waals surface area contributed by atoms with Crippen molar-refractivity contribution in [2.75, 3.05) is 24.5 Å². The van der Waals surface area contributed by atoms with Crippen LogP contribution in [0.25, 0.3) is 0 Å². The third-order valence-electron chi connectivity index (χ3n) is 7.98. The number of anilines is 1. The number of nitrogens with zero attached hydrogens (tertiary/aromatic N) is 4. The minimum atomic E-state index is -0.502. The Balaban J connectivity index is 1.33. The molecule has 0 bridgehead atoms. The number of aromatic nitrogens is 2. The molecule has 9 heteroatoms. The maximum absolute atomic E-state index is 14.3. The molecule has 2 saturated heterocycles. The van der Waals surface area contributed by atoms with Gasteiger partial charge in [0.1, 0.15) is 23.7 Å². The van der Waals surface area contributed by atoms with Crippen molar-refractivity contribution in [3.8, 4) is 11.5 Å². The van der Waals surface area contributed by atoms with Crippen LogP contribution in [-0.4, -0.2) is 58.5 Å². The zero-order valence-electron chi connectivity index (χ0n) is 23.5. The highest BCUT2D eigenvalue weighted by Crippen LogP contribution is 2.43. The summed E-state index contributed by atoms with van der Waals surface area (Å²) in [4.78, 5) is 26.1. The van der Waals surface area contributed by atoms with E-state index in [-0.39, 0.29) is 40.5 Å². The molecule has 3 heterocycles. The minimum absolute atomic E-state index is 0.0630. The Morgan fingerprint density at radius 2 is 1.82 bits per heavy atom. The number of benzene rings is 2. The van der Waals surface area contributed by atoms with Gasteiger partial charge in [0.05, 0.1) is 11.8 Å². The molecule has 2 aromatic carbocycles. The lowest BCUT2D eigenvalue weighted by molar-refractivity contribution is 0.0640. The molecular formula is C31H37F2N5O2. The summed E-state index contributed by atoms with van der Waals surface area (Å²) in [7, 11) is 0. The Morgan fingerprint density at radius 3 is 2.55 bits per heavy atom. The number of carbonyl (C=O) groups excluding carboxylic acids is 1. The van der Waals surface area contributed by atoms with Crippen molar-refractivity contribution in [3.63, 3.8) is 0 Å². The number of halogens is 2. The topological polar surface area (TPSA) is 70.6 Å². The number of rotatable bonds is 8. The van der Waals surface area contributed by atoms with E-state index in [1.165, 1.54) is 36.7 Å². The molecule has 2 unspecified atom stereocenters. The maximum atomic E-state index is 14.3. The predicted molar refractivity (Wildman–Crippen MR) is 151 cm³/mol. The van der Waals surface area contributed by atoms with E-state index in [1.54, 1.807) is 11.1 Å². The normalized spacial score (nSPS) is 20.6. The molecule has 0 saturated carbocycles. The molecule has 5 rings (SSSR count). The first-order chi connectivity index (χ1) is 19.1. The van der Waals surface area contributed by atoms with Gasteiger partial charge in [-0.05, 0) is 82.9 Å². The van der Waals surface area contributed by atoms with E-state index in [0.717, 1.165) is 44.5 Å². The Hall–Kier alpha value is -3.59. The van der Waals surface area contributed by atoms with E-state index in [9.17, 15) is 13.6 Å². The molecule has 40 heavy (non-hydrogen) atoms. The second kappa shape index (κ2) is 11.5. The summed E-state index contributed by atoms with van der Waals surface area (Å²) in [6.45, 7) is 10.3. The van der Waals surface area contributed by atoms with Crippen LogP contribution < -0.4 is 15.0 Å². The van der Waals surface area contributed by atoms with Gasteiger partial charge in [0.2, 0.25) is 0 Å². The molecule has 1 N–H and O–H groups in total. The molecule has 2 atom stereocenters. The standard InChI is InChI=1S/C31H37F2N5O2/c1-20(2)38(21(3)4)30(39)26-14-24(33)9-10-27(26)40-28-16-34-19-36-29(28)37-12-11-31(18-37)15-25(35-17-31)13-22-5-7-23(32)8-6-22/h5-10,14,16,19-21,25,35H,11-13,15,17-18H2,1-4H3. The van der Waals surface area contributed by atoms with Crippen molar-refractivity contribution in [3.05, 3.63) is 77.8 Å². The van der Waals surface area contributed by atoms with Crippen LogP contribution in [0.2, 0.25) is 0 Å². The fraction of sp³-hybridized carbons (Fsp3) is 0.452. The number of amides is 1. The lowest BCUT2D eigenvalue weighted by Crippen LogP contribution is -2.42. The first kappa shape index (κ1) is 28.0. The molecule has 0 radical (unpaired) electrons. The van der Waals surface area contributed by atoms with Crippen LogP contribution >= 0.6 is 0 Å². The zero-order valence-corrected chi connectivity index (χ0v) is 23.5. The van der Waals surface area contributed by atoms with Crippen LogP contribution in [0.1, 0.15) is 56.5 Å². The maximum Gasteiger partial charge on any atom is 0.258 e. The highest BCUT2D eigenvalue weighted by atomic mass is 19.1. The van der Waals surface area contributed by atoms with Crippen molar-refractivity contribution in [1.29, 1.82) is 0 Å². The van der Waals surface area contributed by atoms with Crippen molar-refractivity contribution in [2.24, 2.45) is 5.41 Å². The molecule has 0 aliphatic carbocycles. The molecule has 1 spiro atoms. The smallest absolute Gasteiger partial charge is 0.258 e. The predicted octanol–water partition coefficient (Wildman–Crippen LogP) is 5.61. The number of hydrogen-bond acceptors (Lipinski definition) is 6. The second-order valence-electron chi connectivity index (χ2n) is 11.6. The fourth-order valence-corrected chi connectivity index (χ4v) is 6.21. The number of hydrogen-bond donors (Lipinski definition) is 1. The van der Waals surface area contributed by atoms with E-state index in [1.807, 2.05) is 39.8 Å². The fourth-order valence-electron chi connectivity index (χ4n) is 6.21. The largest absolute Gasteiger partial charge is 0.451 e. The van der Waals surface area contributed by atoms with Gasteiger partial charge in [-0.25, -0.2) is 18.7 Å². The van der Waals surface area contributed by atoms with Gasteiger partial charge in [-0.1, -0.05) is 12.1 Å². The summed E-state index contributed by atoms with van der Waals surface area (Å²) in [6.07, 6.45) is 5.96.